The van der Waals surface area contributed by atoms with Crippen LogP contribution in [0.25, 0.3) is 44.2 Å². The van der Waals surface area contributed by atoms with Crippen LogP contribution in [0, 0.1) is 5.82 Å². The van der Waals surface area contributed by atoms with Gasteiger partial charge in [0.25, 0.3) is 0 Å². The summed E-state index contributed by atoms with van der Waals surface area (Å²) >= 11 is 0. The summed E-state index contributed by atoms with van der Waals surface area (Å²) < 4.78 is 14.5. The number of rotatable bonds is 5. The molecule has 0 bridgehead atoms. The van der Waals surface area contributed by atoms with Gasteiger partial charge in [-0.15, -0.1) is 0 Å². The fourth-order valence-electron chi connectivity index (χ4n) is 4.75. The second kappa shape index (κ2) is 7.21. The molecule has 3 nitrogen and oxygen atoms in total. The van der Waals surface area contributed by atoms with Crippen molar-refractivity contribution >= 4 is 21.8 Å². The maximum absolute atomic E-state index is 14.5. The summed E-state index contributed by atoms with van der Waals surface area (Å²) in [5.41, 5.74) is 8.86. The molecule has 5 rings (SSSR count). The van der Waals surface area contributed by atoms with E-state index >= 15 is 0 Å². The topological polar surface area (TPSA) is 47.4 Å². The number of hydrogen-bond acceptors (Lipinski definition) is 0. The van der Waals surface area contributed by atoms with Gasteiger partial charge in [0.15, 0.2) is 0 Å². The highest BCUT2D eigenvalue weighted by Gasteiger charge is 2.24. The highest BCUT2D eigenvalue weighted by atomic mass is 19.1. The predicted octanol–water partition coefficient (Wildman–Crippen LogP) is 7.53. The summed E-state index contributed by atoms with van der Waals surface area (Å²) in [6.07, 6.45) is 5.85. The highest BCUT2D eigenvalue weighted by Crippen LogP contribution is 2.44. The third-order valence-electron chi connectivity index (χ3n) is 5.96. The van der Waals surface area contributed by atoms with Crippen molar-refractivity contribution < 1.29 is 4.39 Å². The second-order valence-corrected chi connectivity index (χ2v) is 8.31. The molecule has 3 N–H and O–H groups in total. The van der Waals surface area contributed by atoms with E-state index in [9.17, 15) is 4.39 Å². The van der Waals surface area contributed by atoms with E-state index in [2.05, 4.69) is 60.0 Å². The fourth-order valence-corrected chi connectivity index (χ4v) is 4.75. The van der Waals surface area contributed by atoms with E-state index in [1.54, 1.807) is 12.1 Å². The van der Waals surface area contributed by atoms with Crippen molar-refractivity contribution in [3.05, 3.63) is 71.9 Å². The molecule has 0 saturated heterocycles. The SMILES string of the molecule is CCCc1[nH]c(-c2cc(F)cc3[nH]ccc23)c(C(C)C)c1-c1cccc2[nH]ccc12. The number of aryl methyl sites for hydroxylation is 1. The minimum atomic E-state index is -0.226. The number of fused-ring (bicyclic) bond motifs is 2. The van der Waals surface area contributed by atoms with E-state index in [4.69, 9.17) is 0 Å². The summed E-state index contributed by atoms with van der Waals surface area (Å²) in [7, 11) is 0. The van der Waals surface area contributed by atoms with Crippen LogP contribution in [0.1, 0.15) is 44.4 Å². The minimum absolute atomic E-state index is 0.226. The van der Waals surface area contributed by atoms with Gasteiger partial charge in [-0.2, -0.15) is 0 Å². The molecular formula is C26H26FN3. The zero-order chi connectivity index (χ0) is 20.8. The van der Waals surface area contributed by atoms with Crippen LogP contribution in [-0.4, -0.2) is 15.0 Å². The lowest BCUT2D eigenvalue weighted by atomic mass is 9.88. The molecule has 0 aliphatic carbocycles. The molecule has 0 atom stereocenters. The third kappa shape index (κ3) is 2.86. The molecule has 4 heteroatoms. The Labute approximate surface area is 175 Å². The lowest BCUT2D eigenvalue weighted by Crippen LogP contribution is -1.94. The molecule has 3 heterocycles. The van der Waals surface area contributed by atoms with Gasteiger partial charge in [-0.25, -0.2) is 4.39 Å². The minimum Gasteiger partial charge on any atom is -0.361 e. The number of benzene rings is 2. The van der Waals surface area contributed by atoms with E-state index < -0.39 is 0 Å². The van der Waals surface area contributed by atoms with Crippen LogP contribution in [0.5, 0.6) is 0 Å². The molecule has 5 aromatic rings. The van der Waals surface area contributed by atoms with Gasteiger partial charge in [-0.3, -0.25) is 0 Å². The number of H-pyrrole nitrogens is 3. The van der Waals surface area contributed by atoms with Crippen LogP contribution in [0.4, 0.5) is 4.39 Å². The Kier molecular flexibility index (Phi) is 4.50. The molecule has 0 aliphatic heterocycles. The van der Waals surface area contributed by atoms with Gasteiger partial charge in [-0.05, 0) is 53.8 Å². The van der Waals surface area contributed by atoms with Crippen LogP contribution in [0.2, 0.25) is 0 Å². The molecule has 2 aromatic carbocycles. The lowest BCUT2D eigenvalue weighted by Gasteiger charge is -2.14. The normalized spacial score (nSPS) is 11.9. The van der Waals surface area contributed by atoms with Crippen LogP contribution >= 0.6 is 0 Å². The van der Waals surface area contributed by atoms with Crippen molar-refractivity contribution in [1.29, 1.82) is 0 Å². The standard InChI is InChI=1S/C26H26FN3/c1-4-6-22-25(19-7-5-8-21-17(19)9-11-28-21)24(15(2)3)26(30-22)20-13-16(27)14-23-18(20)10-12-29-23/h5,7-15,28-30H,4,6H2,1-3H3. The molecular weight excluding hydrogens is 373 g/mol. The zero-order valence-electron chi connectivity index (χ0n) is 17.6. The molecule has 0 aliphatic rings. The van der Waals surface area contributed by atoms with Gasteiger partial charge in [0.1, 0.15) is 5.82 Å². The van der Waals surface area contributed by atoms with E-state index in [0.29, 0.717) is 0 Å². The maximum atomic E-state index is 14.5. The van der Waals surface area contributed by atoms with Crippen molar-refractivity contribution in [2.75, 3.05) is 0 Å². The predicted molar refractivity (Wildman–Crippen MR) is 123 cm³/mol. The van der Waals surface area contributed by atoms with Gasteiger partial charge in [-0.1, -0.05) is 39.3 Å². The number of nitrogens with one attached hydrogen (secondary N) is 3. The Balaban J connectivity index is 1.87. The van der Waals surface area contributed by atoms with Crippen molar-refractivity contribution in [2.24, 2.45) is 0 Å². The van der Waals surface area contributed by atoms with Crippen LogP contribution < -0.4 is 0 Å². The van der Waals surface area contributed by atoms with Crippen molar-refractivity contribution in [3.8, 4) is 22.4 Å². The molecule has 30 heavy (non-hydrogen) atoms. The maximum Gasteiger partial charge on any atom is 0.125 e. The zero-order valence-corrected chi connectivity index (χ0v) is 17.6. The smallest absolute Gasteiger partial charge is 0.125 e. The third-order valence-corrected chi connectivity index (χ3v) is 5.96. The van der Waals surface area contributed by atoms with E-state index in [1.165, 1.54) is 27.8 Å². The average molecular weight is 400 g/mol. The van der Waals surface area contributed by atoms with Gasteiger partial charge in [0, 0.05) is 51.0 Å². The Morgan fingerprint density at radius 1 is 0.900 bits per heavy atom. The van der Waals surface area contributed by atoms with Gasteiger partial charge < -0.3 is 15.0 Å². The first-order valence-corrected chi connectivity index (χ1v) is 10.7. The largest absolute Gasteiger partial charge is 0.361 e. The molecule has 0 amide bonds. The van der Waals surface area contributed by atoms with Crippen LogP contribution in [0.3, 0.4) is 0 Å². The molecule has 0 fully saturated rings. The summed E-state index contributed by atoms with van der Waals surface area (Å²) in [5, 5.41) is 2.25. The number of halogens is 1. The van der Waals surface area contributed by atoms with E-state index in [-0.39, 0.29) is 11.7 Å². The number of hydrogen-bond donors (Lipinski definition) is 3. The molecule has 0 unspecified atom stereocenters. The quantitative estimate of drug-likeness (QED) is 0.274. The molecule has 152 valence electrons. The van der Waals surface area contributed by atoms with E-state index in [1.807, 2.05) is 18.5 Å². The monoisotopic (exact) mass is 399 g/mol. The van der Waals surface area contributed by atoms with Crippen molar-refractivity contribution in [1.82, 2.24) is 15.0 Å². The Hall–Kier alpha value is -3.27. The molecule has 0 radical (unpaired) electrons. The summed E-state index contributed by atoms with van der Waals surface area (Å²) in [6, 6.07) is 13.8. The first-order valence-electron chi connectivity index (χ1n) is 10.7. The van der Waals surface area contributed by atoms with Gasteiger partial charge in [0.2, 0.25) is 0 Å². The Morgan fingerprint density at radius 3 is 2.37 bits per heavy atom. The van der Waals surface area contributed by atoms with Gasteiger partial charge in [0.05, 0.1) is 5.69 Å². The fraction of sp³-hybridized carbons (Fsp3) is 0.231. The van der Waals surface area contributed by atoms with E-state index in [0.717, 1.165) is 40.5 Å². The van der Waals surface area contributed by atoms with Crippen LogP contribution in [-0.2, 0) is 6.42 Å². The first kappa shape index (κ1) is 18.7. The van der Waals surface area contributed by atoms with Crippen molar-refractivity contribution in [2.45, 2.75) is 39.5 Å². The Bertz CT molecular complexity index is 1350. The van der Waals surface area contributed by atoms with Crippen LogP contribution in [0.15, 0.2) is 54.9 Å². The number of aromatic amines is 3. The first-order chi connectivity index (χ1) is 14.6. The lowest BCUT2D eigenvalue weighted by molar-refractivity contribution is 0.630. The van der Waals surface area contributed by atoms with Gasteiger partial charge >= 0.3 is 0 Å². The highest BCUT2D eigenvalue weighted by molar-refractivity contribution is 6.01. The summed E-state index contributed by atoms with van der Waals surface area (Å²) in [5.74, 6) is 0.0545. The molecule has 0 saturated carbocycles. The number of aromatic nitrogens is 3. The average Bonchev–Trinajstić information content (AvgIpc) is 3.45. The Morgan fingerprint density at radius 2 is 1.63 bits per heavy atom. The second-order valence-electron chi connectivity index (χ2n) is 8.31. The summed E-state index contributed by atoms with van der Waals surface area (Å²) in [4.78, 5) is 10.2. The summed E-state index contributed by atoms with van der Waals surface area (Å²) in [6.45, 7) is 6.64. The molecule has 0 spiro atoms. The van der Waals surface area contributed by atoms with Crippen molar-refractivity contribution in [3.63, 3.8) is 0 Å². The molecule has 3 aromatic heterocycles.